The van der Waals surface area contributed by atoms with Gasteiger partial charge in [-0.15, -0.1) is 0 Å². The number of rotatable bonds is 8. The average molecular weight is 312 g/mol. The lowest BCUT2D eigenvalue weighted by Gasteiger charge is -2.26. The molecule has 118 valence electrons. The van der Waals surface area contributed by atoms with E-state index in [4.69, 9.17) is 0 Å². The van der Waals surface area contributed by atoms with Gasteiger partial charge in [0, 0.05) is 0 Å². The van der Waals surface area contributed by atoms with Gasteiger partial charge in [-0.3, -0.25) is 0 Å². The molecule has 0 atom stereocenters. The Kier molecular flexibility index (Phi) is 6.30. The number of halogens is 7. The zero-order valence-electron chi connectivity index (χ0n) is 9.98. The third-order valence-electron chi connectivity index (χ3n) is 2.01. The molecule has 0 aromatic rings. The fourth-order valence-electron chi connectivity index (χ4n) is 0.932. The summed E-state index contributed by atoms with van der Waals surface area (Å²) in [4.78, 5) is 10.6. The normalized spacial score (nSPS) is 12.9. The lowest BCUT2D eigenvalue weighted by atomic mass is 10.1. The van der Waals surface area contributed by atoms with E-state index in [0.29, 0.717) is 0 Å². The molecule has 0 N–H and O–H groups in total. The Morgan fingerprint density at radius 2 is 1.50 bits per heavy atom. The molecule has 0 aliphatic rings. The van der Waals surface area contributed by atoms with Crippen LogP contribution in [0.1, 0.15) is 12.8 Å². The highest BCUT2D eigenvalue weighted by atomic mass is 19.4. The Bertz CT molecular complexity index is 338. The maximum absolute atomic E-state index is 12.7. The zero-order chi connectivity index (χ0) is 16.0. The minimum absolute atomic E-state index is 0.0484. The topological polar surface area (TPSA) is 35.5 Å². The molecule has 0 amide bonds. The summed E-state index contributed by atoms with van der Waals surface area (Å²) in [6.07, 6.45) is -5.31. The number of unbranched alkanes of at least 4 members (excludes halogenated alkanes) is 1. The first-order valence-electron chi connectivity index (χ1n) is 5.20. The van der Waals surface area contributed by atoms with Crippen LogP contribution in [0, 0.1) is 0 Å². The third kappa shape index (κ3) is 4.27. The smallest absolute Gasteiger partial charge is 0.460 e. The summed E-state index contributed by atoms with van der Waals surface area (Å²) < 4.78 is 93.9. The number of hydrogen-bond donors (Lipinski definition) is 0. The lowest BCUT2D eigenvalue weighted by molar-refractivity contribution is -0.348. The van der Waals surface area contributed by atoms with Gasteiger partial charge >= 0.3 is 24.0 Å². The van der Waals surface area contributed by atoms with Crippen molar-refractivity contribution in [2.75, 3.05) is 13.2 Å². The number of hydrogen-bond acceptors (Lipinski definition) is 3. The molecule has 0 unspecified atom stereocenters. The van der Waals surface area contributed by atoms with Crippen LogP contribution in [0.15, 0.2) is 12.8 Å². The number of carbonyl (C=O) groups is 1. The summed E-state index contributed by atoms with van der Waals surface area (Å²) in [6.45, 7) is 2.57. The molecule has 3 nitrogen and oxygen atoms in total. The highest BCUT2D eigenvalue weighted by Crippen LogP contribution is 2.46. The van der Waals surface area contributed by atoms with Crippen LogP contribution in [0.25, 0.3) is 0 Å². The first-order chi connectivity index (χ1) is 8.98. The van der Waals surface area contributed by atoms with Gasteiger partial charge in [0.2, 0.25) is 0 Å². The molecule has 0 aromatic carbocycles. The molecule has 0 heterocycles. The second kappa shape index (κ2) is 6.80. The van der Waals surface area contributed by atoms with E-state index < -0.39 is 30.6 Å². The van der Waals surface area contributed by atoms with Gasteiger partial charge < -0.3 is 9.47 Å². The summed E-state index contributed by atoms with van der Waals surface area (Å²) in [6, 6.07) is 0. The van der Waals surface area contributed by atoms with Crippen LogP contribution in [-0.2, 0) is 14.3 Å². The van der Waals surface area contributed by atoms with Crippen molar-refractivity contribution in [3.8, 4) is 0 Å². The fourth-order valence-corrected chi connectivity index (χ4v) is 0.932. The van der Waals surface area contributed by atoms with Crippen molar-refractivity contribution in [2.24, 2.45) is 0 Å². The molecule has 0 aliphatic heterocycles. The van der Waals surface area contributed by atoms with Crippen molar-refractivity contribution in [3.63, 3.8) is 0 Å². The fraction of sp³-hybridized carbons (Fsp3) is 0.700. The Hall–Kier alpha value is -1.48. The summed E-state index contributed by atoms with van der Waals surface area (Å²) >= 11 is 0. The summed E-state index contributed by atoms with van der Waals surface area (Å²) in [5, 5.41) is 0. The van der Waals surface area contributed by atoms with Gasteiger partial charge in [-0.1, -0.05) is 6.58 Å². The monoisotopic (exact) mass is 312 g/mol. The molecule has 10 heteroatoms. The maximum Gasteiger partial charge on any atom is 0.460 e. The molecule has 0 aromatic heterocycles. The van der Waals surface area contributed by atoms with E-state index in [2.05, 4.69) is 16.1 Å². The molecular formula is C10H11F7O3. The second-order valence-corrected chi connectivity index (χ2v) is 3.53. The summed E-state index contributed by atoms with van der Waals surface area (Å²) in [5.74, 6) is -15.4. The van der Waals surface area contributed by atoms with Crippen LogP contribution in [0.4, 0.5) is 30.7 Å². The molecular weight excluding hydrogens is 301 g/mol. The predicted octanol–water partition coefficient (Wildman–Crippen LogP) is 3.30. The van der Waals surface area contributed by atoms with Crippen LogP contribution in [0.3, 0.4) is 0 Å². The number of esters is 1. The largest absolute Gasteiger partial charge is 0.502 e. The van der Waals surface area contributed by atoms with E-state index in [1.165, 1.54) is 0 Å². The average Bonchev–Trinajstić information content (AvgIpc) is 2.31. The second-order valence-electron chi connectivity index (χ2n) is 3.53. The molecule has 0 saturated carbocycles. The van der Waals surface area contributed by atoms with E-state index in [-0.39, 0.29) is 19.4 Å². The van der Waals surface area contributed by atoms with Crippen molar-refractivity contribution in [1.82, 2.24) is 0 Å². The molecule has 0 saturated heterocycles. The van der Waals surface area contributed by atoms with Gasteiger partial charge in [0.25, 0.3) is 0 Å². The number of carbonyl (C=O) groups excluding carboxylic acids is 1. The highest BCUT2D eigenvalue weighted by Gasteiger charge is 2.77. The van der Waals surface area contributed by atoms with Crippen LogP contribution in [0.2, 0.25) is 0 Å². The van der Waals surface area contributed by atoms with E-state index >= 15 is 0 Å². The third-order valence-corrected chi connectivity index (χ3v) is 2.01. The van der Waals surface area contributed by atoms with Crippen LogP contribution >= 0.6 is 0 Å². The predicted molar refractivity (Wildman–Crippen MR) is 52.3 cm³/mol. The molecule has 0 spiro atoms. The molecule has 0 radical (unpaired) electrons. The molecule has 0 bridgehead atoms. The first-order valence-corrected chi connectivity index (χ1v) is 5.20. The van der Waals surface area contributed by atoms with Crippen molar-refractivity contribution >= 4 is 5.97 Å². The standard InChI is InChI=1S/C10H11F7O3/c1-2-19-5-3-4-6-20-7(18)8(11,12)9(13,14)10(15,16)17/h2H,1,3-6H2. The van der Waals surface area contributed by atoms with Gasteiger partial charge in [-0.05, 0) is 12.8 Å². The molecule has 0 rings (SSSR count). The molecule has 20 heavy (non-hydrogen) atoms. The van der Waals surface area contributed by atoms with Gasteiger partial charge in [0.15, 0.2) is 0 Å². The Balaban J connectivity index is 4.42. The maximum atomic E-state index is 12.7. The first kappa shape index (κ1) is 18.5. The van der Waals surface area contributed by atoms with E-state index in [0.717, 1.165) is 6.26 Å². The minimum Gasteiger partial charge on any atom is -0.502 e. The number of ether oxygens (including phenoxy) is 2. The molecule has 0 fully saturated rings. The van der Waals surface area contributed by atoms with Gasteiger partial charge in [0.1, 0.15) is 0 Å². The van der Waals surface area contributed by atoms with E-state index in [1.807, 2.05) is 0 Å². The van der Waals surface area contributed by atoms with Crippen molar-refractivity contribution in [2.45, 2.75) is 30.9 Å². The Labute approximate surface area is 109 Å². The van der Waals surface area contributed by atoms with Crippen LogP contribution in [0.5, 0.6) is 0 Å². The number of alkyl halides is 7. The van der Waals surface area contributed by atoms with Crippen LogP contribution in [-0.4, -0.2) is 37.2 Å². The Morgan fingerprint density at radius 3 is 1.95 bits per heavy atom. The van der Waals surface area contributed by atoms with Crippen LogP contribution < -0.4 is 0 Å². The van der Waals surface area contributed by atoms with Gasteiger partial charge in [-0.25, -0.2) is 4.79 Å². The van der Waals surface area contributed by atoms with Crippen molar-refractivity contribution in [3.05, 3.63) is 12.8 Å². The Morgan fingerprint density at radius 1 is 1.00 bits per heavy atom. The summed E-state index contributed by atoms with van der Waals surface area (Å²) in [7, 11) is 0. The highest BCUT2D eigenvalue weighted by molar-refractivity contribution is 5.79. The summed E-state index contributed by atoms with van der Waals surface area (Å²) in [5.41, 5.74) is 0. The minimum atomic E-state index is -6.56. The van der Waals surface area contributed by atoms with Crippen molar-refractivity contribution < 1.29 is 45.0 Å². The zero-order valence-corrected chi connectivity index (χ0v) is 9.98. The lowest BCUT2D eigenvalue weighted by Crippen LogP contribution is -2.56. The van der Waals surface area contributed by atoms with Crippen molar-refractivity contribution in [1.29, 1.82) is 0 Å². The van der Waals surface area contributed by atoms with Gasteiger partial charge in [0.05, 0.1) is 19.5 Å². The quantitative estimate of drug-likeness (QED) is 0.298. The van der Waals surface area contributed by atoms with E-state index in [1.54, 1.807) is 0 Å². The van der Waals surface area contributed by atoms with Gasteiger partial charge in [-0.2, -0.15) is 30.7 Å². The van der Waals surface area contributed by atoms with E-state index in [9.17, 15) is 35.5 Å². The molecule has 0 aliphatic carbocycles. The SMILES string of the molecule is C=COCCCCOC(=O)C(F)(F)C(F)(F)C(F)(F)F.